The summed E-state index contributed by atoms with van der Waals surface area (Å²) in [7, 11) is 0. The minimum Gasteiger partial charge on any atom is -0.452 e. The second kappa shape index (κ2) is 9.04. The van der Waals surface area contributed by atoms with E-state index in [4.69, 9.17) is 16.3 Å². The Labute approximate surface area is 152 Å². The number of amides is 1. The Bertz CT molecular complexity index is 767. The van der Waals surface area contributed by atoms with E-state index in [0.717, 1.165) is 0 Å². The fourth-order valence-corrected chi connectivity index (χ4v) is 2.30. The molecule has 0 aliphatic rings. The summed E-state index contributed by atoms with van der Waals surface area (Å²) in [4.78, 5) is 23.5. The maximum atomic E-state index is 11.8. The third-order valence-electron chi connectivity index (χ3n) is 3.51. The molecule has 4 nitrogen and oxygen atoms in total. The summed E-state index contributed by atoms with van der Waals surface area (Å²) in [6.45, 7) is 3.85. The van der Waals surface area contributed by atoms with E-state index in [1.807, 2.05) is 30.3 Å². The molecule has 0 saturated heterocycles. The number of esters is 1. The average Bonchev–Trinajstić information content (AvgIpc) is 2.59. The first-order valence-electron chi connectivity index (χ1n) is 7.95. The van der Waals surface area contributed by atoms with Gasteiger partial charge in [-0.25, -0.2) is 4.79 Å². The number of nitrogens with one attached hydrogen (secondary N) is 1. The van der Waals surface area contributed by atoms with Gasteiger partial charge in [0.2, 0.25) is 0 Å². The standard InChI is InChI=1S/C20H20ClNO3/c1-14(2)15-7-10-17(11-8-15)22-19(23)13-25-20(24)12-9-16-5-3-4-6-18(16)21/h3-12,14H,13H2,1-2H3,(H,22,23)/b12-9+. The first kappa shape index (κ1) is 18.7. The van der Waals surface area contributed by atoms with Crippen LogP contribution in [0.25, 0.3) is 6.08 Å². The lowest BCUT2D eigenvalue weighted by Crippen LogP contribution is -2.20. The highest BCUT2D eigenvalue weighted by Gasteiger charge is 2.06. The summed E-state index contributed by atoms with van der Waals surface area (Å²) in [5, 5.41) is 3.22. The van der Waals surface area contributed by atoms with E-state index in [0.29, 0.717) is 22.2 Å². The van der Waals surface area contributed by atoms with Crippen LogP contribution < -0.4 is 5.32 Å². The molecule has 2 rings (SSSR count). The van der Waals surface area contributed by atoms with Gasteiger partial charge in [0.05, 0.1) is 0 Å². The van der Waals surface area contributed by atoms with Crippen LogP contribution in [-0.4, -0.2) is 18.5 Å². The van der Waals surface area contributed by atoms with E-state index >= 15 is 0 Å². The molecule has 0 heterocycles. The number of carbonyl (C=O) groups excluding carboxylic acids is 2. The average molecular weight is 358 g/mol. The molecular weight excluding hydrogens is 338 g/mol. The van der Waals surface area contributed by atoms with E-state index in [1.165, 1.54) is 11.6 Å². The van der Waals surface area contributed by atoms with Gasteiger partial charge in [0.1, 0.15) is 0 Å². The minimum atomic E-state index is -0.606. The molecule has 25 heavy (non-hydrogen) atoms. The minimum absolute atomic E-state index is 0.350. The van der Waals surface area contributed by atoms with Crippen molar-refractivity contribution in [2.75, 3.05) is 11.9 Å². The van der Waals surface area contributed by atoms with Crippen LogP contribution in [0.5, 0.6) is 0 Å². The quantitative estimate of drug-likeness (QED) is 0.604. The molecule has 0 atom stereocenters. The molecule has 0 radical (unpaired) electrons. The van der Waals surface area contributed by atoms with Crippen molar-refractivity contribution in [3.05, 3.63) is 70.8 Å². The van der Waals surface area contributed by atoms with Crippen molar-refractivity contribution in [2.24, 2.45) is 0 Å². The van der Waals surface area contributed by atoms with Crippen LogP contribution in [0.15, 0.2) is 54.6 Å². The van der Waals surface area contributed by atoms with Crippen LogP contribution >= 0.6 is 11.6 Å². The van der Waals surface area contributed by atoms with Crippen molar-refractivity contribution >= 4 is 35.2 Å². The topological polar surface area (TPSA) is 55.4 Å². The third kappa shape index (κ3) is 6.08. The molecule has 0 aliphatic heterocycles. The molecule has 0 bridgehead atoms. The van der Waals surface area contributed by atoms with Gasteiger partial charge in [0.15, 0.2) is 6.61 Å². The van der Waals surface area contributed by atoms with E-state index < -0.39 is 11.9 Å². The predicted molar refractivity (Wildman–Crippen MR) is 101 cm³/mol. The Morgan fingerprint density at radius 1 is 1.12 bits per heavy atom. The Morgan fingerprint density at radius 2 is 1.80 bits per heavy atom. The molecule has 1 amide bonds. The second-order valence-corrected chi connectivity index (χ2v) is 6.19. The number of hydrogen-bond donors (Lipinski definition) is 1. The van der Waals surface area contributed by atoms with Crippen LogP contribution in [0.1, 0.15) is 30.9 Å². The van der Waals surface area contributed by atoms with E-state index in [2.05, 4.69) is 19.2 Å². The van der Waals surface area contributed by atoms with Gasteiger partial charge in [0.25, 0.3) is 5.91 Å². The van der Waals surface area contributed by atoms with Crippen molar-refractivity contribution in [1.29, 1.82) is 0 Å². The molecule has 0 fully saturated rings. The molecule has 130 valence electrons. The lowest BCUT2D eigenvalue weighted by Gasteiger charge is -2.08. The number of ether oxygens (including phenoxy) is 1. The molecule has 0 aromatic heterocycles. The highest BCUT2D eigenvalue weighted by Crippen LogP contribution is 2.17. The van der Waals surface area contributed by atoms with Crippen LogP contribution in [0.2, 0.25) is 5.02 Å². The van der Waals surface area contributed by atoms with Crippen molar-refractivity contribution < 1.29 is 14.3 Å². The molecule has 2 aromatic carbocycles. The highest BCUT2D eigenvalue weighted by molar-refractivity contribution is 6.32. The van der Waals surface area contributed by atoms with Crippen molar-refractivity contribution in [3.63, 3.8) is 0 Å². The van der Waals surface area contributed by atoms with Crippen molar-refractivity contribution in [1.82, 2.24) is 0 Å². The Balaban J connectivity index is 1.81. The smallest absolute Gasteiger partial charge is 0.331 e. The number of carbonyl (C=O) groups is 2. The number of benzene rings is 2. The van der Waals surface area contributed by atoms with Gasteiger partial charge in [-0.05, 0) is 41.3 Å². The molecule has 5 heteroatoms. The first-order chi connectivity index (χ1) is 12.0. The van der Waals surface area contributed by atoms with Gasteiger partial charge in [-0.15, -0.1) is 0 Å². The molecule has 0 aliphatic carbocycles. The number of hydrogen-bond acceptors (Lipinski definition) is 3. The van der Waals surface area contributed by atoms with Gasteiger partial charge < -0.3 is 10.1 Å². The maximum Gasteiger partial charge on any atom is 0.331 e. The summed E-state index contributed by atoms with van der Waals surface area (Å²) in [5.74, 6) is -0.572. The van der Waals surface area contributed by atoms with E-state index in [-0.39, 0.29) is 6.61 Å². The van der Waals surface area contributed by atoms with Gasteiger partial charge in [0, 0.05) is 16.8 Å². The van der Waals surface area contributed by atoms with Gasteiger partial charge in [-0.3, -0.25) is 4.79 Å². The first-order valence-corrected chi connectivity index (χ1v) is 8.32. The summed E-state index contributed by atoms with van der Waals surface area (Å²) in [6.07, 6.45) is 2.79. The third-order valence-corrected chi connectivity index (χ3v) is 3.86. The zero-order valence-electron chi connectivity index (χ0n) is 14.2. The van der Waals surface area contributed by atoms with Crippen LogP contribution in [0.3, 0.4) is 0 Å². The normalized spacial score (nSPS) is 10.9. The molecule has 0 spiro atoms. The monoisotopic (exact) mass is 357 g/mol. The molecule has 0 saturated carbocycles. The van der Waals surface area contributed by atoms with E-state index in [1.54, 1.807) is 24.3 Å². The largest absolute Gasteiger partial charge is 0.452 e. The Kier molecular flexibility index (Phi) is 6.78. The summed E-state index contributed by atoms with van der Waals surface area (Å²) in [5.41, 5.74) is 2.56. The molecular formula is C20H20ClNO3. The van der Waals surface area contributed by atoms with E-state index in [9.17, 15) is 9.59 Å². The second-order valence-electron chi connectivity index (χ2n) is 5.79. The van der Waals surface area contributed by atoms with Crippen LogP contribution in [-0.2, 0) is 14.3 Å². The fraction of sp³-hybridized carbons (Fsp3) is 0.200. The zero-order valence-corrected chi connectivity index (χ0v) is 14.9. The Morgan fingerprint density at radius 3 is 2.44 bits per heavy atom. The van der Waals surface area contributed by atoms with Gasteiger partial charge >= 0.3 is 5.97 Å². The number of anilines is 1. The number of rotatable bonds is 6. The lowest BCUT2D eigenvalue weighted by molar-refractivity contribution is -0.142. The van der Waals surface area contributed by atoms with Crippen LogP contribution in [0.4, 0.5) is 5.69 Å². The maximum absolute atomic E-state index is 11.8. The SMILES string of the molecule is CC(C)c1ccc(NC(=O)COC(=O)/C=C/c2ccccc2Cl)cc1. The van der Waals surface area contributed by atoms with Crippen molar-refractivity contribution in [2.45, 2.75) is 19.8 Å². The molecule has 1 N–H and O–H groups in total. The molecule has 2 aromatic rings. The summed E-state index contributed by atoms with van der Waals surface area (Å²) in [6, 6.07) is 14.7. The summed E-state index contributed by atoms with van der Waals surface area (Å²) < 4.78 is 4.92. The Hall–Kier alpha value is -2.59. The van der Waals surface area contributed by atoms with Gasteiger partial charge in [-0.2, -0.15) is 0 Å². The predicted octanol–water partition coefficient (Wildman–Crippen LogP) is 4.66. The highest BCUT2D eigenvalue weighted by atomic mass is 35.5. The lowest BCUT2D eigenvalue weighted by atomic mass is 10.0. The fourth-order valence-electron chi connectivity index (χ4n) is 2.10. The number of halogens is 1. The zero-order chi connectivity index (χ0) is 18.2. The van der Waals surface area contributed by atoms with Crippen molar-refractivity contribution in [3.8, 4) is 0 Å². The summed E-state index contributed by atoms with van der Waals surface area (Å²) >= 11 is 5.99. The molecule has 0 unspecified atom stereocenters. The van der Waals surface area contributed by atoms with Gasteiger partial charge in [-0.1, -0.05) is 55.8 Å². The van der Waals surface area contributed by atoms with Crippen LogP contribution in [0, 0.1) is 0 Å².